The highest BCUT2D eigenvalue weighted by molar-refractivity contribution is 5.76. The van der Waals surface area contributed by atoms with Crippen molar-refractivity contribution < 1.29 is 19.4 Å². The number of carbonyl (C=O) groups excluding carboxylic acids is 1. The molecule has 1 aromatic carbocycles. The molecule has 1 aromatic rings. The highest BCUT2D eigenvalue weighted by atomic mass is 16.7. The van der Waals surface area contributed by atoms with Crippen LogP contribution in [0.15, 0.2) is 18.2 Å². The summed E-state index contributed by atoms with van der Waals surface area (Å²) in [5.74, 6) is 1.55. The first-order chi connectivity index (χ1) is 9.29. The Hall–Kier alpha value is -1.75. The molecule has 0 aromatic heterocycles. The van der Waals surface area contributed by atoms with Gasteiger partial charge in [0.05, 0.1) is 0 Å². The van der Waals surface area contributed by atoms with Crippen LogP contribution in [-0.2, 0) is 11.2 Å². The van der Waals surface area contributed by atoms with Crippen molar-refractivity contribution in [1.82, 2.24) is 5.32 Å². The SMILES string of the molecule is O=C(CCc1ccc2c(c1)OCO2)NCCCCO. The Labute approximate surface area is 112 Å². The van der Waals surface area contributed by atoms with Crippen molar-refractivity contribution in [3.63, 3.8) is 0 Å². The molecule has 5 nitrogen and oxygen atoms in total. The van der Waals surface area contributed by atoms with Crippen molar-refractivity contribution in [2.75, 3.05) is 19.9 Å². The van der Waals surface area contributed by atoms with Gasteiger partial charge in [-0.25, -0.2) is 0 Å². The van der Waals surface area contributed by atoms with Crippen molar-refractivity contribution in [3.05, 3.63) is 23.8 Å². The maximum Gasteiger partial charge on any atom is 0.231 e. The van der Waals surface area contributed by atoms with Crippen LogP contribution in [0.5, 0.6) is 11.5 Å². The lowest BCUT2D eigenvalue weighted by Gasteiger charge is -2.05. The van der Waals surface area contributed by atoms with Crippen LogP contribution in [0, 0.1) is 0 Å². The lowest BCUT2D eigenvalue weighted by molar-refractivity contribution is -0.121. The summed E-state index contributed by atoms with van der Waals surface area (Å²) in [5.41, 5.74) is 1.06. The second-order valence-electron chi connectivity index (χ2n) is 4.47. The Kier molecular flexibility index (Phi) is 5.03. The average molecular weight is 265 g/mol. The van der Waals surface area contributed by atoms with Gasteiger partial charge in [0.1, 0.15) is 0 Å². The van der Waals surface area contributed by atoms with Crippen LogP contribution in [0.25, 0.3) is 0 Å². The average Bonchev–Trinajstić information content (AvgIpc) is 2.89. The standard InChI is InChI=1S/C14H19NO4/c16-8-2-1-7-15-14(17)6-4-11-3-5-12-13(9-11)19-10-18-12/h3,5,9,16H,1-2,4,6-8,10H2,(H,15,17). The summed E-state index contributed by atoms with van der Waals surface area (Å²) in [7, 11) is 0. The van der Waals surface area contributed by atoms with Gasteiger partial charge in [-0.15, -0.1) is 0 Å². The summed E-state index contributed by atoms with van der Waals surface area (Å²) in [6.45, 7) is 1.07. The molecule has 0 saturated carbocycles. The van der Waals surface area contributed by atoms with Gasteiger partial charge in [-0.2, -0.15) is 0 Å². The lowest BCUT2D eigenvalue weighted by Crippen LogP contribution is -2.24. The third-order valence-electron chi connectivity index (χ3n) is 2.98. The smallest absolute Gasteiger partial charge is 0.231 e. The normalized spacial score (nSPS) is 12.5. The van der Waals surface area contributed by atoms with Crippen LogP contribution in [0.2, 0.25) is 0 Å². The number of aliphatic hydroxyl groups is 1. The topological polar surface area (TPSA) is 67.8 Å². The minimum absolute atomic E-state index is 0.0376. The summed E-state index contributed by atoms with van der Waals surface area (Å²) >= 11 is 0. The number of ether oxygens (including phenoxy) is 2. The third-order valence-corrected chi connectivity index (χ3v) is 2.98. The zero-order chi connectivity index (χ0) is 13.5. The van der Waals surface area contributed by atoms with Gasteiger partial charge in [-0.3, -0.25) is 4.79 Å². The van der Waals surface area contributed by atoms with Crippen molar-refractivity contribution in [2.45, 2.75) is 25.7 Å². The number of amides is 1. The first kappa shape index (κ1) is 13.7. The molecular formula is C14H19NO4. The van der Waals surface area contributed by atoms with Gasteiger partial charge in [-0.05, 0) is 37.0 Å². The van der Waals surface area contributed by atoms with E-state index in [9.17, 15) is 4.79 Å². The third kappa shape index (κ3) is 4.13. The number of benzene rings is 1. The highest BCUT2D eigenvalue weighted by Gasteiger charge is 2.13. The van der Waals surface area contributed by atoms with Crippen molar-refractivity contribution >= 4 is 5.91 Å². The van der Waals surface area contributed by atoms with E-state index in [-0.39, 0.29) is 19.3 Å². The number of aryl methyl sites for hydroxylation is 1. The molecule has 19 heavy (non-hydrogen) atoms. The fourth-order valence-electron chi connectivity index (χ4n) is 1.91. The molecule has 0 aliphatic carbocycles. The van der Waals surface area contributed by atoms with Crippen molar-refractivity contribution in [2.24, 2.45) is 0 Å². The van der Waals surface area contributed by atoms with Gasteiger partial charge in [0.15, 0.2) is 11.5 Å². The maximum absolute atomic E-state index is 11.6. The Balaban J connectivity index is 1.71. The number of nitrogens with one attached hydrogen (secondary N) is 1. The fourth-order valence-corrected chi connectivity index (χ4v) is 1.91. The molecule has 0 radical (unpaired) electrons. The second-order valence-corrected chi connectivity index (χ2v) is 4.47. The Morgan fingerprint density at radius 2 is 2.11 bits per heavy atom. The van der Waals surface area contributed by atoms with Crippen LogP contribution >= 0.6 is 0 Å². The van der Waals surface area contributed by atoms with E-state index in [0.717, 1.165) is 29.9 Å². The number of unbranched alkanes of at least 4 members (excludes halogenated alkanes) is 1. The highest BCUT2D eigenvalue weighted by Crippen LogP contribution is 2.32. The number of hydrogen-bond acceptors (Lipinski definition) is 4. The molecule has 5 heteroatoms. The van der Waals surface area contributed by atoms with Crippen molar-refractivity contribution in [3.8, 4) is 11.5 Å². The van der Waals surface area contributed by atoms with E-state index < -0.39 is 0 Å². The number of aliphatic hydroxyl groups excluding tert-OH is 1. The molecule has 0 fully saturated rings. The van der Waals surface area contributed by atoms with Crippen LogP contribution in [0.4, 0.5) is 0 Å². The van der Waals surface area contributed by atoms with Gasteiger partial charge < -0.3 is 19.9 Å². The van der Waals surface area contributed by atoms with Crippen LogP contribution in [0.1, 0.15) is 24.8 Å². The van der Waals surface area contributed by atoms with E-state index in [4.69, 9.17) is 14.6 Å². The van der Waals surface area contributed by atoms with E-state index in [1.807, 2.05) is 18.2 Å². The van der Waals surface area contributed by atoms with Gasteiger partial charge in [0.2, 0.25) is 12.7 Å². The summed E-state index contributed by atoms with van der Waals surface area (Å²) in [6, 6.07) is 5.74. The molecule has 0 unspecified atom stereocenters. The first-order valence-corrected chi connectivity index (χ1v) is 6.55. The number of hydrogen-bond donors (Lipinski definition) is 2. The maximum atomic E-state index is 11.6. The fraction of sp³-hybridized carbons (Fsp3) is 0.500. The molecule has 0 bridgehead atoms. The summed E-state index contributed by atoms with van der Waals surface area (Å²) in [6.07, 6.45) is 2.68. The minimum Gasteiger partial charge on any atom is -0.454 e. The first-order valence-electron chi connectivity index (χ1n) is 6.55. The Morgan fingerprint density at radius 1 is 1.26 bits per heavy atom. The summed E-state index contributed by atoms with van der Waals surface area (Å²) in [5, 5.41) is 11.5. The zero-order valence-electron chi connectivity index (χ0n) is 10.9. The molecule has 1 heterocycles. The summed E-state index contributed by atoms with van der Waals surface area (Å²) in [4.78, 5) is 11.6. The predicted molar refractivity (Wildman–Crippen MR) is 70.2 cm³/mol. The van der Waals surface area contributed by atoms with E-state index in [0.29, 0.717) is 19.4 Å². The number of fused-ring (bicyclic) bond motifs is 1. The van der Waals surface area contributed by atoms with Gasteiger partial charge >= 0.3 is 0 Å². The Bertz CT molecular complexity index is 433. The van der Waals surface area contributed by atoms with Crippen LogP contribution in [0.3, 0.4) is 0 Å². The number of rotatable bonds is 7. The van der Waals surface area contributed by atoms with E-state index in [1.54, 1.807) is 0 Å². The minimum atomic E-state index is 0.0376. The molecular weight excluding hydrogens is 246 g/mol. The molecule has 1 aliphatic rings. The zero-order valence-corrected chi connectivity index (χ0v) is 10.9. The number of carbonyl (C=O) groups is 1. The van der Waals surface area contributed by atoms with Crippen molar-refractivity contribution in [1.29, 1.82) is 0 Å². The van der Waals surface area contributed by atoms with Gasteiger partial charge in [0, 0.05) is 19.6 Å². The molecule has 2 N–H and O–H groups in total. The largest absolute Gasteiger partial charge is 0.454 e. The Morgan fingerprint density at radius 3 is 2.95 bits per heavy atom. The van der Waals surface area contributed by atoms with E-state index >= 15 is 0 Å². The predicted octanol–water partition coefficient (Wildman–Crippen LogP) is 1.24. The molecule has 104 valence electrons. The monoisotopic (exact) mass is 265 g/mol. The van der Waals surface area contributed by atoms with E-state index in [1.165, 1.54) is 0 Å². The quantitative estimate of drug-likeness (QED) is 0.728. The second kappa shape index (κ2) is 6.99. The van der Waals surface area contributed by atoms with Crippen LogP contribution in [-0.4, -0.2) is 31.0 Å². The molecule has 1 aliphatic heterocycles. The lowest BCUT2D eigenvalue weighted by atomic mass is 10.1. The van der Waals surface area contributed by atoms with Gasteiger partial charge in [-0.1, -0.05) is 6.07 Å². The molecule has 0 saturated heterocycles. The molecule has 0 atom stereocenters. The van der Waals surface area contributed by atoms with E-state index in [2.05, 4.69) is 5.32 Å². The molecule has 2 rings (SSSR count). The molecule has 0 spiro atoms. The summed E-state index contributed by atoms with van der Waals surface area (Å²) < 4.78 is 10.5. The van der Waals surface area contributed by atoms with Gasteiger partial charge in [0.25, 0.3) is 0 Å². The van der Waals surface area contributed by atoms with Crippen LogP contribution < -0.4 is 14.8 Å². The molecule has 1 amide bonds.